The van der Waals surface area contributed by atoms with Gasteiger partial charge < -0.3 is 14.8 Å². The molecule has 160 valence electrons. The lowest BCUT2D eigenvalue weighted by atomic mass is 9.61. The monoisotopic (exact) mass is 420 g/mol. The number of nitrogens with one attached hydrogen (secondary N) is 1. The van der Waals surface area contributed by atoms with Gasteiger partial charge in [-0.1, -0.05) is 0 Å². The first-order valence-corrected chi connectivity index (χ1v) is 10.7. The molecular formula is C22H25FN8. The molecule has 1 aliphatic carbocycles. The number of nitrogens with zero attached hydrogens (tertiary/aromatic N) is 7. The van der Waals surface area contributed by atoms with Crippen LogP contribution in [0.5, 0.6) is 0 Å². The fraction of sp³-hybridized carbons (Fsp3) is 0.455. The lowest BCUT2D eigenvalue weighted by Gasteiger charge is -2.58. The average Bonchev–Trinajstić information content (AvgIpc) is 3.26. The second-order valence-corrected chi connectivity index (χ2v) is 9.10. The molecule has 5 heterocycles. The number of hydrogen-bond donors (Lipinski definition) is 1. The summed E-state index contributed by atoms with van der Waals surface area (Å²) in [5.74, 6) is 1.42. The lowest BCUT2D eigenvalue weighted by Crippen LogP contribution is -2.63. The smallest absolute Gasteiger partial charge is 0.241 e. The van der Waals surface area contributed by atoms with Gasteiger partial charge >= 0.3 is 0 Å². The van der Waals surface area contributed by atoms with Gasteiger partial charge in [0, 0.05) is 30.9 Å². The molecule has 6 rings (SSSR count). The number of hydrogen-bond acceptors (Lipinski definition) is 6. The van der Waals surface area contributed by atoms with Crippen LogP contribution in [0.4, 0.5) is 10.3 Å². The van der Waals surface area contributed by atoms with Crippen molar-refractivity contribution in [3.8, 4) is 11.3 Å². The average molecular weight is 420 g/mol. The van der Waals surface area contributed by atoms with Gasteiger partial charge in [0.1, 0.15) is 18.0 Å². The minimum absolute atomic E-state index is 0.256. The molecule has 9 heteroatoms. The molecule has 0 bridgehead atoms. The van der Waals surface area contributed by atoms with Crippen molar-refractivity contribution < 1.29 is 4.39 Å². The number of pyridine rings is 1. The predicted molar refractivity (Wildman–Crippen MR) is 117 cm³/mol. The van der Waals surface area contributed by atoms with E-state index in [1.807, 2.05) is 46.6 Å². The van der Waals surface area contributed by atoms with Crippen LogP contribution >= 0.6 is 0 Å². The summed E-state index contributed by atoms with van der Waals surface area (Å²) in [6.45, 7) is 4.09. The van der Waals surface area contributed by atoms with Crippen LogP contribution in [-0.4, -0.2) is 66.9 Å². The molecule has 0 atom stereocenters. The fourth-order valence-corrected chi connectivity index (χ4v) is 5.43. The number of anilines is 1. The molecule has 8 nitrogen and oxygen atoms in total. The summed E-state index contributed by atoms with van der Waals surface area (Å²) in [5.41, 5.74) is 4.63. The highest BCUT2D eigenvalue weighted by Crippen LogP contribution is 2.48. The minimum Gasteiger partial charge on any atom is -0.350 e. The number of halogens is 1. The van der Waals surface area contributed by atoms with Gasteiger partial charge in [-0.3, -0.25) is 0 Å². The Hall–Kier alpha value is -3.07. The summed E-state index contributed by atoms with van der Waals surface area (Å²) in [7, 11) is 2.18. The third-order valence-electron chi connectivity index (χ3n) is 6.69. The Morgan fingerprint density at radius 1 is 1.19 bits per heavy atom. The summed E-state index contributed by atoms with van der Waals surface area (Å²) < 4.78 is 16.6. The second kappa shape index (κ2) is 6.71. The highest BCUT2D eigenvalue weighted by atomic mass is 19.1. The predicted octanol–water partition coefficient (Wildman–Crippen LogP) is 2.93. The van der Waals surface area contributed by atoms with Gasteiger partial charge in [-0.15, -0.1) is 5.10 Å². The SMILES string of the molecule is Cc1nc2ccc(-c3ccn4nc(NC5CC6(C5)CN(C)C6)ncc34)nc2n1CCF. The van der Waals surface area contributed by atoms with Crippen molar-refractivity contribution in [2.24, 2.45) is 5.41 Å². The Balaban J connectivity index is 1.27. The summed E-state index contributed by atoms with van der Waals surface area (Å²) in [6.07, 6.45) is 6.14. The third-order valence-corrected chi connectivity index (χ3v) is 6.69. The lowest BCUT2D eigenvalue weighted by molar-refractivity contribution is -0.0514. The van der Waals surface area contributed by atoms with E-state index in [1.165, 1.54) is 25.9 Å². The molecule has 1 aliphatic heterocycles. The maximum Gasteiger partial charge on any atom is 0.241 e. The minimum atomic E-state index is -0.449. The van der Waals surface area contributed by atoms with E-state index in [0.717, 1.165) is 28.1 Å². The summed E-state index contributed by atoms with van der Waals surface area (Å²) in [5, 5.41) is 8.13. The molecule has 31 heavy (non-hydrogen) atoms. The van der Waals surface area contributed by atoms with Gasteiger partial charge in [-0.2, -0.15) is 0 Å². The van der Waals surface area contributed by atoms with Gasteiger partial charge in [0.15, 0.2) is 5.65 Å². The molecule has 1 saturated heterocycles. The number of alkyl halides is 1. The molecule has 0 aromatic carbocycles. The zero-order chi connectivity index (χ0) is 21.2. The summed E-state index contributed by atoms with van der Waals surface area (Å²) in [6, 6.07) is 6.32. The van der Waals surface area contributed by atoms with Crippen LogP contribution in [0.2, 0.25) is 0 Å². The molecule has 4 aromatic heterocycles. The zero-order valence-electron chi connectivity index (χ0n) is 17.7. The Labute approximate surface area is 179 Å². The molecule has 2 aliphatic rings. The Bertz CT molecular complexity index is 1280. The van der Waals surface area contributed by atoms with Crippen LogP contribution in [-0.2, 0) is 6.54 Å². The van der Waals surface area contributed by atoms with Crippen molar-refractivity contribution in [2.75, 3.05) is 32.1 Å². The van der Waals surface area contributed by atoms with Crippen LogP contribution in [0.25, 0.3) is 27.9 Å². The van der Waals surface area contributed by atoms with Crippen molar-refractivity contribution in [3.05, 3.63) is 36.4 Å². The van der Waals surface area contributed by atoms with E-state index in [9.17, 15) is 4.39 Å². The highest BCUT2D eigenvalue weighted by molar-refractivity contribution is 5.82. The number of likely N-dealkylation sites (tertiary alicyclic amines) is 1. The van der Waals surface area contributed by atoms with E-state index in [1.54, 1.807) is 0 Å². The Morgan fingerprint density at radius 3 is 2.81 bits per heavy atom. The van der Waals surface area contributed by atoms with Crippen LogP contribution < -0.4 is 5.32 Å². The normalized spacial score (nSPS) is 18.5. The molecule has 0 unspecified atom stereocenters. The summed E-state index contributed by atoms with van der Waals surface area (Å²) in [4.78, 5) is 16.2. The van der Waals surface area contributed by atoms with Gasteiger partial charge in [0.2, 0.25) is 5.95 Å². The van der Waals surface area contributed by atoms with Gasteiger partial charge in [0.05, 0.1) is 24.0 Å². The maximum atomic E-state index is 13.0. The first kappa shape index (κ1) is 18.7. The second-order valence-electron chi connectivity index (χ2n) is 9.10. The standard InChI is InChI=1S/C22H25FN8/c1-14-25-18-4-3-17(27-20(18)30(14)8-6-23)16-5-7-31-19(16)11-24-21(28-31)26-15-9-22(10-15)12-29(2)13-22/h3-5,7,11,15H,6,8-10,12-13H2,1-2H3,(H,26,28). The first-order chi connectivity index (χ1) is 15.0. The van der Waals surface area contributed by atoms with Crippen molar-refractivity contribution in [1.82, 2.24) is 34.0 Å². The van der Waals surface area contributed by atoms with Crippen LogP contribution in [0.3, 0.4) is 0 Å². The van der Waals surface area contributed by atoms with Crippen molar-refractivity contribution in [3.63, 3.8) is 0 Å². The Morgan fingerprint density at radius 2 is 2.03 bits per heavy atom. The quantitative estimate of drug-likeness (QED) is 0.535. The van der Waals surface area contributed by atoms with Crippen molar-refractivity contribution in [2.45, 2.75) is 32.4 Å². The largest absolute Gasteiger partial charge is 0.350 e. The zero-order valence-corrected chi connectivity index (χ0v) is 17.7. The van der Waals surface area contributed by atoms with Crippen molar-refractivity contribution in [1.29, 1.82) is 0 Å². The van der Waals surface area contributed by atoms with Gasteiger partial charge in [-0.25, -0.2) is 23.9 Å². The number of imidazole rings is 1. The Kier molecular flexibility index (Phi) is 4.05. The van der Waals surface area contributed by atoms with E-state index in [-0.39, 0.29) is 6.54 Å². The fourth-order valence-electron chi connectivity index (χ4n) is 5.43. The number of rotatable bonds is 5. The van der Waals surface area contributed by atoms with Gasteiger partial charge in [0.25, 0.3) is 0 Å². The molecule has 1 spiro atoms. The van der Waals surface area contributed by atoms with E-state index >= 15 is 0 Å². The molecule has 2 fully saturated rings. The van der Waals surface area contributed by atoms with Crippen LogP contribution in [0, 0.1) is 12.3 Å². The maximum absolute atomic E-state index is 13.0. The van der Waals surface area contributed by atoms with E-state index in [4.69, 9.17) is 4.98 Å². The van der Waals surface area contributed by atoms with Crippen LogP contribution in [0.15, 0.2) is 30.6 Å². The molecule has 1 N–H and O–H groups in total. The molecular weight excluding hydrogens is 395 g/mol. The van der Waals surface area contributed by atoms with E-state index in [0.29, 0.717) is 23.1 Å². The first-order valence-electron chi connectivity index (χ1n) is 10.7. The van der Waals surface area contributed by atoms with E-state index in [2.05, 4.69) is 32.3 Å². The molecule has 0 amide bonds. The third kappa shape index (κ3) is 2.98. The number of aryl methyl sites for hydroxylation is 2. The molecule has 4 aromatic rings. The molecule has 0 radical (unpaired) electrons. The van der Waals surface area contributed by atoms with Gasteiger partial charge in [-0.05, 0) is 50.4 Å². The van der Waals surface area contributed by atoms with Crippen molar-refractivity contribution >= 4 is 22.6 Å². The number of aromatic nitrogens is 6. The number of fused-ring (bicyclic) bond motifs is 2. The van der Waals surface area contributed by atoms with Crippen LogP contribution in [0.1, 0.15) is 18.7 Å². The highest BCUT2D eigenvalue weighted by Gasteiger charge is 2.51. The summed E-state index contributed by atoms with van der Waals surface area (Å²) >= 11 is 0. The topological polar surface area (TPSA) is 76.2 Å². The molecule has 1 saturated carbocycles. The van der Waals surface area contributed by atoms with E-state index < -0.39 is 6.67 Å².